The van der Waals surface area contributed by atoms with Gasteiger partial charge in [-0.3, -0.25) is 0 Å². The fourth-order valence-electron chi connectivity index (χ4n) is 1.05. The Bertz CT molecular complexity index is 304. The van der Waals surface area contributed by atoms with Crippen molar-refractivity contribution in [3.05, 3.63) is 18.5 Å². The number of aromatic nitrogens is 2. The fourth-order valence-corrected chi connectivity index (χ4v) is 1.80. The van der Waals surface area contributed by atoms with E-state index in [1.807, 2.05) is 13.0 Å². The Morgan fingerprint density at radius 2 is 2.46 bits per heavy atom. The van der Waals surface area contributed by atoms with Gasteiger partial charge in [0.2, 0.25) is 5.13 Å². The van der Waals surface area contributed by atoms with Crippen molar-refractivity contribution in [2.45, 2.75) is 31.7 Å². The molecule has 1 fully saturated rings. The van der Waals surface area contributed by atoms with Crippen molar-refractivity contribution in [3.8, 4) is 0 Å². The first-order valence-electron chi connectivity index (χ1n) is 4.52. The van der Waals surface area contributed by atoms with Crippen molar-refractivity contribution in [3.63, 3.8) is 0 Å². The second kappa shape index (κ2) is 3.46. The lowest BCUT2D eigenvalue weighted by atomic mass is 10.3. The molecule has 70 valence electrons. The normalized spacial score (nSPS) is 18.2. The molecule has 0 saturated heterocycles. The maximum Gasteiger partial charge on any atom is 0.203 e. The molecule has 1 aliphatic rings. The van der Waals surface area contributed by atoms with E-state index >= 15 is 0 Å². The third kappa shape index (κ3) is 2.06. The van der Waals surface area contributed by atoms with E-state index in [9.17, 15) is 0 Å². The number of hydrogen-bond acceptors (Lipinski definition) is 4. The van der Waals surface area contributed by atoms with Gasteiger partial charge in [-0.15, -0.1) is 6.58 Å². The lowest BCUT2D eigenvalue weighted by Gasteiger charge is -2.04. The minimum Gasteiger partial charge on any atom is -0.354 e. The molecule has 1 unspecified atom stereocenters. The van der Waals surface area contributed by atoms with Gasteiger partial charge >= 0.3 is 0 Å². The van der Waals surface area contributed by atoms with Crippen molar-refractivity contribution < 1.29 is 0 Å². The van der Waals surface area contributed by atoms with Gasteiger partial charge in [-0.2, -0.15) is 4.37 Å². The van der Waals surface area contributed by atoms with E-state index in [4.69, 9.17) is 0 Å². The number of hydrogen-bond donors (Lipinski definition) is 1. The SMILES string of the molecule is C=CC(C)Nc1nc(C2CC2)ns1. The molecule has 1 aromatic rings. The van der Waals surface area contributed by atoms with E-state index in [0.717, 1.165) is 11.0 Å². The summed E-state index contributed by atoms with van der Waals surface area (Å²) in [4.78, 5) is 4.41. The van der Waals surface area contributed by atoms with Gasteiger partial charge in [0.25, 0.3) is 0 Å². The molecule has 1 atom stereocenters. The smallest absolute Gasteiger partial charge is 0.203 e. The second-order valence-corrected chi connectivity index (χ2v) is 4.15. The summed E-state index contributed by atoms with van der Waals surface area (Å²) in [6.07, 6.45) is 4.37. The molecule has 13 heavy (non-hydrogen) atoms. The molecule has 4 heteroatoms. The zero-order valence-corrected chi connectivity index (χ0v) is 8.47. The highest BCUT2D eigenvalue weighted by molar-refractivity contribution is 7.09. The number of nitrogens with one attached hydrogen (secondary N) is 1. The number of rotatable bonds is 4. The minimum atomic E-state index is 0.264. The van der Waals surface area contributed by atoms with E-state index in [1.54, 1.807) is 0 Å². The molecular weight excluding hydrogens is 182 g/mol. The highest BCUT2D eigenvalue weighted by Gasteiger charge is 2.27. The van der Waals surface area contributed by atoms with Gasteiger partial charge in [-0.1, -0.05) is 6.08 Å². The molecule has 3 nitrogen and oxygen atoms in total. The van der Waals surface area contributed by atoms with Gasteiger partial charge in [-0.25, -0.2) is 4.98 Å². The average molecular weight is 195 g/mol. The monoisotopic (exact) mass is 195 g/mol. The first-order valence-corrected chi connectivity index (χ1v) is 5.29. The maximum atomic E-state index is 4.41. The van der Waals surface area contributed by atoms with Crippen LogP contribution in [0.2, 0.25) is 0 Å². The fraction of sp³-hybridized carbons (Fsp3) is 0.556. The van der Waals surface area contributed by atoms with Gasteiger partial charge in [0.15, 0.2) is 0 Å². The summed E-state index contributed by atoms with van der Waals surface area (Å²) in [6.45, 7) is 5.75. The van der Waals surface area contributed by atoms with Gasteiger partial charge < -0.3 is 5.32 Å². The summed E-state index contributed by atoms with van der Waals surface area (Å²) < 4.78 is 4.30. The van der Waals surface area contributed by atoms with E-state index in [2.05, 4.69) is 21.3 Å². The highest BCUT2D eigenvalue weighted by atomic mass is 32.1. The Hall–Kier alpha value is -0.900. The van der Waals surface area contributed by atoms with Crippen LogP contribution in [0.5, 0.6) is 0 Å². The molecule has 0 aromatic carbocycles. The predicted octanol–water partition coefficient (Wildman–Crippen LogP) is 2.40. The lowest BCUT2D eigenvalue weighted by Crippen LogP contribution is -2.10. The van der Waals surface area contributed by atoms with Crippen LogP contribution in [-0.2, 0) is 0 Å². The number of anilines is 1. The van der Waals surface area contributed by atoms with Gasteiger partial charge in [0.05, 0.1) is 0 Å². The van der Waals surface area contributed by atoms with Gasteiger partial charge in [-0.05, 0) is 19.8 Å². The molecule has 1 heterocycles. The predicted molar refractivity (Wildman–Crippen MR) is 55.2 cm³/mol. The van der Waals surface area contributed by atoms with Crippen molar-refractivity contribution in [2.24, 2.45) is 0 Å². The summed E-state index contributed by atoms with van der Waals surface area (Å²) in [5, 5.41) is 4.13. The van der Waals surface area contributed by atoms with Crippen LogP contribution in [0, 0.1) is 0 Å². The molecule has 0 radical (unpaired) electrons. The molecule has 1 N–H and O–H groups in total. The van der Waals surface area contributed by atoms with Crippen molar-refractivity contribution in [1.29, 1.82) is 0 Å². The zero-order chi connectivity index (χ0) is 9.26. The Morgan fingerprint density at radius 1 is 1.69 bits per heavy atom. The summed E-state index contributed by atoms with van der Waals surface area (Å²) in [5.41, 5.74) is 0. The third-order valence-electron chi connectivity index (χ3n) is 2.09. The van der Waals surface area contributed by atoms with E-state index in [1.165, 1.54) is 24.4 Å². The van der Waals surface area contributed by atoms with Crippen LogP contribution >= 0.6 is 11.5 Å². The molecule has 2 rings (SSSR count). The molecule has 1 aromatic heterocycles. The molecule has 0 amide bonds. The first-order chi connectivity index (χ1) is 6.29. The van der Waals surface area contributed by atoms with Crippen molar-refractivity contribution in [2.75, 3.05) is 5.32 Å². The quantitative estimate of drug-likeness (QED) is 0.750. The maximum absolute atomic E-state index is 4.41. The molecule has 1 aliphatic carbocycles. The molecular formula is C9H13N3S. The standard InChI is InChI=1S/C9H13N3S/c1-3-6(2)10-9-11-8(12-13-9)7-4-5-7/h3,6-7H,1,4-5H2,2H3,(H,10,11,12). The molecule has 0 aliphatic heterocycles. The van der Waals surface area contributed by atoms with Crippen LogP contribution in [0.15, 0.2) is 12.7 Å². The van der Waals surface area contributed by atoms with Crippen LogP contribution in [0.3, 0.4) is 0 Å². The Morgan fingerprint density at radius 3 is 3.08 bits per heavy atom. The topological polar surface area (TPSA) is 37.8 Å². The van der Waals surface area contributed by atoms with Crippen LogP contribution in [0.1, 0.15) is 31.5 Å². The van der Waals surface area contributed by atoms with Crippen LogP contribution in [-0.4, -0.2) is 15.4 Å². The summed E-state index contributed by atoms with van der Waals surface area (Å²) >= 11 is 1.44. The first kappa shape index (κ1) is 8.69. The van der Waals surface area contributed by atoms with E-state index in [-0.39, 0.29) is 6.04 Å². The van der Waals surface area contributed by atoms with Crippen LogP contribution < -0.4 is 5.32 Å². The lowest BCUT2D eigenvalue weighted by molar-refractivity contribution is 0.957. The van der Waals surface area contributed by atoms with E-state index < -0.39 is 0 Å². The highest BCUT2D eigenvalue weighted by Crippen LogP contribution is 2.39. The Balaban J connectivity index is 2.00. The largest absolute Gasteiger partial charge is 0.354 e. The second-order valence-electron chi connectivity index (χ2n) is 3.40. The van der Waals surface area contributed by atoms with Crippen molar-refractivity contribution >= 4 is 16.7 Å². The molecule has 1 saturated carbocycles. The summed E-state index contributed by atoms with van der Waals surface area (Å²) in [6, 6.07) is 0.264. The molecule has 0 bridgehead atoms. The van der Waals surface area contributed by atoms with Crippen LogP contribution in [0.25, 0.3) is 0 Å². The minimum absolute atomic E-state index is 0.264. The molecule has 0 spiro atoms. The summed E-state index contributed by atoms with van der Waals surface area (Å²) in [5.74, 6) is 1.66. The zero-order valence-electron chi connectivity index (χ0n) is 7.66. The number of nitrogens with zero attached hydrogens (tertiary/aromatic N) is 2. The van der Waals surface area contributed by atoms with Crippen molar-refractivity contribution in [1.82, 2.24) is 9.36 Å². The average Bonchev–Trinajstić information content (AvgIpc) is 2.88. The Kier molecular flexibility index (Phi) is 2.31. The Labute approximate surface area is 82.1 Å². The van der Waals surface area contributed by atoms with Gasteiger partial charge in [0, 0.05) is 23.5 Å². The third-order valence-corrected chi connectivity index (χ3v) is 2.75. The van der Waals surface area contributed by atoms with Crippen LogP contribution in [0.4, 0.5) is 5.13 Å². The summed E-state index contributed by atoms with van der Waals surface area (Å²) in [7, 11) is 0. The van der Waals surface area contributed by atoms with Gasteiger partial charge in [0.1, 0.15) is 5.82 Å². The van der Waals surface area contributed by atoms with E-state index in [0.29, 0.717) is 5.92 Å².